The minimum absolute atomic E-state index is 0.0199. The lowest BCUT2D eigenvalue weighted by atomic mass is 9.99. The molecule has 0 saturated heterocycles. The zero-order valence-electron chi connectivity index (χ0n) is 14.1. The lowest BCUT2D eigenvalue weighted by Gasteiger charge is -2.27. The van der Waals surface area contributed by atoms with E-state index in [1.54, 1.807) is 23.2 Å². The molecule has 0 aromatic carbocycles. The van der Waals surface area contributed by atoms with Gasteiger partial charge in [0.05, 0.1) is 0 Å². The first-order valence-corrected chi connectivity index (χ1v) is 9.15. The summed E-state index contributed by atoms with van der Waals surface area (Å²) in [5, 5.41) is 13.8. The number of carbonyl (C=O) groups excluding carboxylic acids is 2. The van der Waals surface area contributed by atoms with Crippen molar-refractivity contribution >= 4 is 29.1 Å². The van der Waals surface area contributed by atoms with Gasteiger partial charge in [0.15, 0.2) is 0 Å². The highest BCUT2D eigenvalue weighted by Gasteiger charge is 2.26. The molecule has 0 unspecified atom stereocenters. The summed E-state index contributed by atoms with van der Waals surface area (Å²) < 4.78 is 0. The van der Waals surface area contributed by atoms with Gasteiger partial charge in [-0.05, 0) is 29.3 Å². The van der Waals surface area contributed by atoms with Crippen LogP contribution in [0.15, 0.2) is 11.4 Å². The Labute approximate surface area is 145 Å². The molecular formula is C17H24N2O4S. The summed E-state index contributed by atoms with van der Waals surface area (Å²) in [4.78, 5) is 38.6. The highest BCUT2D eigenvalue weighted by atomic mass is 32.1. The number of aliphatic carboxylic acids is 1. The average molecular weight is 352 g/mol. The number of thiophene rings is 1. The van der Waals surface area contributed by atoms with Gasteiger partial charge in [-0.25, -0.2) is 4.79 Å². The normalized spacial score (nSPS) is 16.2. The monoisotopic (exact) mass is 352 g/mol. The number of hydrogen-bond donors (Lipinski definition) is 2. The second-order valence-corrected chi connectivity index (χ2v) is 7.20. The van der Waals surface area contributed by atoms with Crippen LogP contribution in [-0.4, -0.2) is 40.4 Å². The summed E-state index contributed by atoms with van der Waals surface area (Å²) in [5.74, 6) is -1.63. The van der Waals surface area contributed by atoms with Crippen LogP contribution < -0.4 is 5.32 Å². The maximum Gasteiger partial charge on any atom is 0.326 e. The Kier molecular flexibility index (Phi) is 6.36. The standard InChI is InChI=1S/C17H24N2O4S/c1-3-11(2)16(17(22)23)18-14(20)4-5-15(21)19-8-6-13-12(10-19)7-9-24-13/h7,9,11,16H,3-6,8,10H2,1-2H3,(H,18,20)(H,22,23)/t11-,16-/m0/s1. The fourth-order valence-electron chi connectivity index (χ4n) is 2.77. The van der Waals surface area contributed by atoms with Gasteiger partial charge >= 0.3 is 5.97 Å². The molecule has 2 rings (SSSR count). The molecule has 0 aliphatic carbocycles. The van der Waals surface area contributed by atoms with Crippen LogP contribution >= 0.6 is 11.3 Å². The topological polar surface area (TPSA) is 86.7 Å². The molecule has 1 aromatic heterocycles. The molecule has 7 heteroatoms. The molecule has 6 nitrogen and oxygen atoms in total. The van der Waals surface area contributed by atoms with E-state index >= 15 is 0 Å². The van der Waals surface area contributed by atoms with E-state index in [2.05, 4.69) is 5.32 Å². The molecule has 2 N–H and O–H groups in total. The van der Waals surface area contributed by atoms with Gasteiger partial charge in [0.1, 0.15) is 6.04 Å². The van der Waals surface area contributed by atoms with Crippen LogP contribution in [0.1, 0.15) is 43.6 Å². The molecule has 0 bridgehead atoms. The van der Waals surface area contributed by atoms with Gasteiger partial charge in [-0.1, -0.05) is 20.3 Å². The molecule has 0 fully saturated rings. The minimum atomic E-state index is -1.04. The lowest BCUT2D eigenvalue weighted by molar-refractivity contribution is -0.143. The summed E-state index contributed by atoms with van der Waals surface area (Å²) in [7, 11) is 0. The van der Waals surface area contributed by atoms with E-state index in [1.807, 2.05) is 18.4 Å². The zero-order chi connectivity index (χ0) is 17.7. The van der Waals surface area contributed by atoms with Crippen LogP contribution in [0.4, 0.5) is 0 Å². The third-order valence-electron chi connectivity index (χ3n) is 4.52. The number of carbonyl (C=O) groups is 3. The number of carboxylic acids is 1. The molecule has 0 spiro atoms. The Morgan fingerprint density at radius 2 is 2.12 bits per heavy atom. The smallest absolute Gasteiger partial charge is 0.326 e. The maximum absolute atomic E-state index is 12.3. The van der Waals surface area contributed by atoms with Crippen molar-refractivity contribution in [1.29, 1.82) is 0 Å². The van der Waals surface area contributed by atoms with Crippen molar-refractivity contribution in [3.63, 3.8) is 0 Å². The summed E-state index contributed by atoms with van der Waals surface area (Å²) in [6, 6.07) is 1.14. The van der Waals surface area contributed by atoms with Crippen molar-refractivity contribution in [3.8, 4) is 0 Å². The molecule has 0 saturated carbocycles. The fraction of sp³-hybridized carbons (Fsp3) is 0.588. The number of amides is 2. The minimum Gasteiger partial charge on any atom is -0.480 e. The Hall–Kier alpha value is -1.89. The van der Waals surface area contributed by atoms with Gasteiger partial charge in [-0.3, -0.25) is 9.59 Å². The van der Waals surface area contributed by atoms with Crippen LogP contribution in [0.2, 0.25) is 0 Å². The van der Waals surface area contributed by atoms with E-state index in [-0.39, 0.29) is 30.6 Å². The lowest BCUT2D eigenvalue weighted by Crippen LogP contribution is -2.45. The van der Waals surface area contributed by atoms with Crippen molar-refractivity contribution in [1.82, 2.24) is 10.2 Å². The van der Waals surface area contributed by atoms with Gasteiger partial charge in [0, 0.05) is 30.8 Å². The molecule has 24 heavy (non-hydrogen) atoms. The number of nitrogens with one attached hydrogen (secondary N) is 1. The summed E-state index contributed by atoms with van der Waals surface area (Å²) in [5.41, 5.74) is 1.19. The number of rotatable bonds is 7. The van der Waals surface area contributed by atoms with Gasteiger partial charge in [-0.15, -0.1) is 11.3 Å². The van der Waals surface area contributed by atoms with Crippen molar-refractivity contribution in [2.75, 3.05) is 6.54 Å². The largest absolute Gasteiger partial charge is 0.480 e. The highest BCUT2D eigenvalue weighted by Crippen LogP contribution is 2.24. The fourth-order valence-corrected chi connectivity index (χ4v) is 3.66. The van der Waals surface area contributed by atoms with Crippen LogP contribution in [0.5, 0.6) is 0 Å². The molecule has 132 valence electrons. The van der Waals surface area contributed by atoms with Gasteiger partial charge < -0.3 is 15.3 Å². The second-order valence-electron chi connectivity index (χ2n) is 6.20. The zero-order valence-corrected chi connectivity index (χ0v) is 14.9. The molecule has 1 aliphatic heterocycles. The van der Waals surface area contributed by atoms with E-state index in [0.29, 0.717) is 19.5 Å². The molecular weight excluding hydrogens is 328 g/mol. The number of carboxylic acid groups (broad SMARTS) is 1. The van der Waals surface area contributed by atoms with Crippen molar-refractivity contribution in [2.24, 2.45) is 5.92 Å². The molecule has 1 aliphatic rings. The summed E-state index contributed by atoms with van der Waals surface area (Å²) in [6.45, 7) is 4.95. The number of hydrogen-bond acceptors (Lipinski definition) is 4. The molecule has 2 heterocycles. The Balaban J connectivity index is 1.81. The quantitative estimate of drug-likeness (QED) is 0.786. The predicted molar refractivity (Wildman–Crippen MR) is 91.7 cm³/mol. The number of nitrogens with zero attached hydrogens (tertiary/aromatic N) is 1. The summed E-state index contributed by atoms with van der Waals surface area (Å²) >= 11 is 1.71. The van der Waals surface area contributed by atoms with Crippen molar-refractivity contribution < 1.29 is 19.5 Å². The van der Waals surface area contributed by atoms with Crippen molar-refractivity contribution in [2.45, 2.75) is 52.1 Å². The molecule has 0 radical (unpaired) electrons. The third kappa shape index (κ3) is 4.56. The highest BCUT2D eigenvalue weighted by molar-refractivity contribution is 7.10. The summed E-state index contributed by atoms with van der Waals surface area (Å²) in [6.07, 6.45) is 1.65. The number of fused-ring (bicyclic) bond motifs is 1. The predicted octanol–water partition coefficient (Wildman–Crippen LogP) is 2.03. The first kappa shape index (κ1) is 18.4. The maximum atomic E-state index is 12.3. The van der Waals surface area contributed by atoms with E-state index in [0.717, 1.165) is 6.42 Å². The Bertz CT molecular complexity index is 613. The molecule has 2 atom stereocenters. The average Bonchev–Trinajstić information content (AvgIpc) is 3.04. The van der Waals surface area contributed by atoms with E-state index in [4.69, 9.17) is 0 Å². The van der Waals surface area contributed by atoms with E-state index in [9.17, 15) is 19.5 Å². The van der Waals surface area contributed by atoms with Crippen LogP contribution in [0.3, 0.4) is 0 Å². The Morgan fingerprint density at radius 1 is 1.38 bits per heavy atom. The van der Waals surface area contributed by atoms with Crippen LogP contribution in [-0.2, 0) is 27.3 Å². The van der Waals surface area contributed by atoms with Crippen LogP contribution in [0, 0.1) is 5.92 Å². The Morgan fingerprint density at radius 3 is 2.79 bits per heavy atom. The van der Waals surface area contributed by atoms with Crippen LogP contribution in [0.25, 0.3) is 0 Å². The molecule has 2 amide bonds. The first-order valence-electron chi connectivity index (χ1n) is 8.27. The van der Waals surface area contributed by atoms with E-state index in [1.165, 1.54) is 10.4 Å². The SMILES string of the molecule is CC[C@H](C)[C@H](NC(=O)CCC(=O)N1CCc2sccc2C1)C(=O)O. The van der Waals surface area contributed by atoms with Gasteiger partial charge in [0.2, 0.25) is 11.8 Å². The third-order valence-corrected chi connectivity index (χ3v) is 5.54. The second kappa shape index (κ2) is 8.28. The van der Waals surface area contributed by atoms with Gasteiger partial charge in [-0.2, -0.15) is 0 Å². The first-order chi connectivity index (χ1) is 11.4. The van der Waals surface area contributed by atoms with Gasteiger partial charge in [0.25, 0.3) is 0 Å². The van der Waals surface area contributed by atoms with Crippen molar-refractivity contribution in [3.05, 3.63) is 21.9 Å². The molecule has 1 aromatic rings. The van der Waals surface area contributed by atoms with E-state index < -0.39 is 12.0 Å².